The van der Waals surface area contributed by atoms with Crippen LogP contribution in [-0.2, 0) is 46.4 Å². The molecule has 186 valence electrons. The van der Waals surface area contributed by atoms with Crippen LogP contribution in [0.3, 0.4) is 0 Å². The molecule has 0 rings (SSSR count). The van der Waals surface area contributed by atoms with Gasteiger partial charge in [0.05, 0.1) is 0 Å². The van der Waals surface area contributed by atoms with Gasteiger partial charge in [-0.25, -0.2) is 0 Å². The number of hydrogen-bond donors (Lipinski definition) is 0. The third-order valence-corrected chi connectivity index (χ3v) is 58.9. The third kappa shape index (κ3) is 17.9. The molecule has 0 fully saturated rings. The van der Waals surface area contributed by atoms with E-state index in [1.165, 1.54) is 0 Å². The second-order valence-corrected chi connectivity index (χ2v) is 42.9. The van der Waals surface area contributed by atoms with Crippen LogP contribution < -0.4 is 0 Å². The minimum atomic E-state index is -2.60. The number of unbranched alkanes of at least 4 members (excludes halogenated alkanes) is 1. The fraction of sp³-hybridized carbons (Fsp3) is 0.941. The van der Waals surface area contributed by atoms with E-state index in [2.05, 4.69) is 6.92 Å². The van der Waals surface area contributed by atoms with Crippen molar-refractivity contribution in [1.29, 1.82) is 0 Å². The number of thiocarbonyl (C=S) groups is 1. The van der Waals surface area contributed by atoms with Gasteiger partial charge < -0.3 is 0 Å². The summed E-state index contributed by atoms with van der Waals surface area (Å²) in [5, 5.41) is 0. The van der Waals surface area contributed by atoms with Gasteiger partial charge in [0.2, 0.25) is 0 Å². The third-order valence-electron chi connectivity index (χ3n) is 2.56. The minimum absolute atomic E-state index is 0.0379. The molecular formula is C17H37O5P2S6Sb. The number of hydrogen-bond acceptors (Lipinski definition) is 11. The van der Waals surface area contributed by atoms with E-state index < -0.39 is 27.4 Å². The fourth-order valence-corrected chi connectivity index (χ4v) is 83.8. The van der Waals surface area contributed by atoms with Crippen LogP contribution in [0.1, 0.15) is 75.2 Å². The molecule has 0 aromatic heterocycles. The molecule has 0 aromatic rings. The molecule has 0 spiro atoms. The fourth-order valence-electron chi connectivity index (χ4n) is 1.76. The summed E-state index contributed by atoms with van der Waals surface area (Å²) in [4.78, 5) is 0. The van der Waals surface area contributed by atoms with Crippen LogP contribution in [0.4, 0.5) is 0 Å². The van der Waals surface area contributed by atoms with E-state index in [-0.39, 0.29) is 24.4 Å². The Labute approximate surface area is 220 Å². The second-order valence-electron chi connectivity index (χ2n) is 7.44. The summed E-state index contributed by atoms with van der Waals surface area (Å²) in [5.74, 6) is 0. The van der Waals surface area contributed by atoms with Gasteiger partial charge in [0.15, 0.2) is 0 Å². The molecular weight excluding hydrogens is 660 g/mol. The summed E-state index contributed by atoms with van der Waals surface area (Å²) < 4.78 is 30.8. The van der Waals surface area contributed by atoms with Crippen LogP contribution >= 0.6 is 49.4 Å². The Hall–Kier alpha value is 2.90. The maximum atomic E-state index is 6.13. The topological polar surface area (TPSA) is 46.2 Å². The molecule has 0 atom stereocenters. The number of ether oxygens (including phenoxy) is 1. The van der Waals surface area contributed by atoms with Crippen molar-refractivity contribution in [3.05, 3.63) is 0 Å². The van der Waals surface area contributed by atoms with Crippen LogP contribution in [0.15, 0.2) is 0 Å². The summed E-state index contributed by atoms with van der Waals surface area (Å²) in [6.45, 7) is 18.5. The van der Waals surface area contributed by atoms with Crippen molar-refractivity contribution in [3.63, 3.8) is 0 Å². The maximum absolute atomic E-state index is 6.13. The summed E-state index contributed by atoms with van der Waals surface area (Å²) in [7, 11) is 4.82. The Balaban J connectivity index is 5.75. The van der Waals surface area contributed by atoms with Crippen LogP contribution in [0.5, 0.6) is 0 Å². The van der Waals surface area contributed by atoms with Gasteiger partial charge >= 0.3 is 222 Å². The average Bonchev–Trinajstić information content (AvgIpc) is 2.50. The molecule has 0 radical (unpaired) electrons. The predicted molar refractivity (Wildman–Crippen MR) is 155 cm³/mol. The van der Waals surface area contributed by atoms with Crippen LogP contribution in [0.2, 0.25) is 0 Å². The average molecular weight is 698 g/mol. The zero-order valence-electron chi connectivity index (χ0n) is 19.8. The van der Waals surface area contributed by atoms with Gasteiger partial charge in [-0.3, -0.25) is 0 Å². The van der Waals surface area contributed by atoms with Crippen molar-refractivity contribution in [1.82, 2.24) is 0 Å². The zero-order chi connectivity index (χ0) is 24.2. The molecule has 14 heteroatoms. The first-order valence-electron chi connectivity index (χ1n) is 10.2. The SMILES string of the molecule is CCCCOC(=S)[S][Sb]([S]P(=S)(OC(C)C)OC(C)C)[S]P(=S)(OC(C)C)OC(C)C. The molecule has 0 unspecified atom stereocenters. The first kappa shape index (κ1) is 33.9. The zero-order valence-corrected chi connectivity index (χ0v) is 29.0. The molecule has 0 aromatic carbocycles. The molecule has 5 nitrogen and oxygen atoms in total. The van der Waals surface area contributed by atoms with Crippen molar-refractivity contribution in [2.45, 2.75) is 99.6 Å². The monoisotopic (exact) mass is 696 g/mol. The first-order valence-corrected chi connectivity index (χ1v) is 28.8. The standard InChI is InChI=1S/2C6H15O2PS2.C5H10OS2.Sb/c2*1-5(2)7-9(10,11)8-6(3)4;1-2-3-4-6-5(7)8;/h2*5-6H,1-4H3,(H,10,11);2-4H2,1H3,(H,7,8);/q;;;+3/p-3. The van der Waals surface area contributed by atoms with Crippen molar-refractivity contribution in [2.24, 2.45) is 0 Å². The van der Waals surface area contributed by atoms with Gasteiger partial charge in [0.1, 0.15) is 0 Å². The van der Waals surface area contributed by atoms with Crippen LogP contribution in [0.25, 0.3) is 0 Å². The molecule has 0 amide bonds. The molecule has 0 aliphatic heterocycles. The molecule has 0 saturated heterocycles. The van der Waals surface area contributed by atoms with Gasteiger partial charge in [-0.05, 0) is 0 Å². The Morgan fingerprint density at radius 2 is 1.13 bits per heavy atom. The van der Waals surface area contributed by atoms with E-state index in [9.17, 15) is 0 Å². The van der Waals surface area contributed by atoms with E-state index in [1.807, 2.05) is 55.4 Å². The van der Waals surface area contributed by atoms with Crippen LogP contribution in [0, 0.1) is 0 Å². The summed E-state index contributed by atoms with van der Waals surface area (Å²) in [5.41, 5.74) is -5.19. The Kier molecular flexibility index (Phi) is 19.0. The van der Waals surface area contributed by atoms with Crippen molar-refractivity contribution >= 4 is 93.4 Å². The van der Waals surface area contributed by atoms with Crippen LogP contribution in [-0.4, -0.2) is 51.4 Å². The summed E-state index contributed by atoms with van der Waals surface area (Å²) in [6, 6.07) is 0. The van der Waals surface area contributed by atoms with E-state index in [0.29, 0.717) is 11.0 Å². The number of rotatable bonds is 16. The van der Waals surface area contributed by atoms with Gasteiger partial charge in [-0.2, -0.15) is 0 Å². The predicted octanol–water partition coefficient (Wildman–Crippen LogP) is 8.42. The van der Waals surface area contributed by atoms with Gasteiger partial charge in [-0.1, -0.05) is 0 Å². The van der Waals surface area contributed by atoms with E-state index in [1.54, 1.807) is 25.8 Å². The van der Waals surface area contributed by atoms with E-state index in [4.69, 9.17) is 58.7 Å². The molecule has 0 heterocycles. The van der Waals surface area contributed by atoms with Crippen molar-refractivity contribution in [2.75, 3.05) is 6.61 Å². The molecule has 0 saturated carbocycles. The van der Waals surface area contributed by atoms with Gasteiger partial charge in [0.25, 0.3) is 0 Å². The van der Waals surface area contributed by atoms with Gasteiger partial charge in [0, 0.05) is 0 Å². The summed E-state index contributed by atoms with van der Waals surface area (Å²) >= 11 is 14.9. The molecule has 0 aliphatic carbocycles. The first-order chi connectivity index (χ1) is 14.2. The quantitative estimate of drug-likeness (QED) is 0.0676. The van der Waals surface area contributed by atoms with Crippen molar-refractivity contribution in [3.8, 4) is 0 Å². The van der Waals surface area contributed by atoms with Gasteiger partial charge in [-0.15, -0.1) is 0 Å². The molecule has 31 heavy (non-hydrogen) atoms. The van der Waals surface area contributed by atoms with E-state index >= 15 is 0 Å². The van der Waals surface area contributed by atoms with Crippen molar-refractivity contribution < 1.29 is 22.8 Å². The Morgan fingerprint density at radius 1 is 0.774 bits per heavy atom. The summed E-state index contributed by atoms with van der Waals surface area (Å²) in [6.07, 6.45) is 1.87. The molecule has 0 bridgehead atoms. The normalized spacial score (nSPS) is 13.2. The Bertz CT molecular complexity index is 556. The molecule has 0 N–H and O–H groups in total. The second kappa shape index (κ2) is 17.4. The molecule has 0 aliphatic rings. The van der Waals surface area contributed by atoms with E-state index in [0.717, 1.165) is 12.8 Å². The Morgan fingerprint density at radius 3 is 1.42 bits per heavy atom.